The van der Waals surface area contributed by atoms with Crippen LogP contribution in [0.4, 0.5) is 0 Å². The average Bonchev–Trinajstić information content (AvgIpc) is 2.45. The number of hydrogen-bond donors (Lipinski definition) is 2. The van der Waals surface area contributed by atoms with Crippen molar-refractivity contribution in [1.82, 2.24) is 0 Å². The number of carbonyl (C=O) groups is 1. The van der Waals surface area contributed by atoms with E-state index < -0.39 is 11.6 Å². The first-order chi connectivity index (χ1) is 10.5. The van der Waals surface area contributed by atoms with Crippen molar-refractivity contribution in [3.8, 4) is 0 Å². The molecule has 0 fully saturated rings. The molecule has 1 atom stereocenters. The van der Waals surface area contributed by atoms with Gasteiger partial charge < -0.3 is 10.2 Å². The van der Waals surface area contributed by atoms with Crippen LogP contribution in [0.2, 0.25) is 0 Å². The lowest BCUT2D eigenvalue weighted by molar-refractivity contribution is -0.143. The molecule has 0 aromatic carbocycles. The SMILES string of the molecule is CCCCCCCCCCCC(O)(CCCCC)CC(=O)O. The molecule has 0 saturated heterocycles. The summed E-state index contributed by atoms with van der Waals surface area (Å²) in [7, 11) is 0. The van der Waals surface area contributed by atoms with Gasteiger partial charge in [-0.15, -0.1) is 0 Å². The molecule has 0 rings (SSSR count). The lowest BCUT2D eigenvalue weighted by Gasteiger charge is -2.26. The third kappa shape index (κ3) is 13.1. The van der Waals surface area contributed by atoms with Gasteiger partial charge in [0.05, 0.1) is 12.0 Å². The van der Waals surface area contributed by atoms with Gasteiger partial charge in [0, 0.05) is 0 Å². The molecule has 0 aromatic heterocycles. The van der Waals surface area contributed by atoms with E-state index in [1.54, 1.807) is 0 Å². The standard InChI is InChI=1S/C19H38O3/c1-3-5-7-8-9-10-11-12-14-16-19(22,17-18(20)21)15-13-6-4-2/h22H,3-17H2,1-2H3,(H,20,21). The molecule has 0 aliphatic carbocycles. The smallest absolute Gasteiger partial charge is 0.306 e. The highest BCUT2D eigenvalue weighted by Gasteiger charge is 2.28. The van der Waals surface area contributed by atoms with E-state index in [-0.39, 0.29) is 6.42 Å². The number of unbranched alkanes of at least 4 members (excludes halogenated alkanes) is 10. The molecule has 0 saturated carbocycles. The summed E-state index contributed by atoms with van der Waals surface area (Å²) in [4.78, 5) is 10.9. The minimum atomic E-state index is -0.984. The van der Waals surface area contributed by atoms with Gasteiger partial charge in [0.1, 0.15) is 0 Å². The van der Waals surface area contributed by atoms with Crippen molar-refractivity contribution in [3.63, 3.8) is 0 Å². The van der Waals surface area contributed by atoms with Crippen molar-refractivity contribution in [3.05, 3.63) is 0 Å². The Hall–Kier alpha value is -0.570. The van der Waals surface area contributed by atoms with Gasteiger partial charge in [-0.1, -0.05) is 90.9 Å². The van der Waals surface area contributed by atoms with Crippen molar-refractivity contribution in [2.24, 2.45) is 0 Å². The second-order valence-electron chi connectivity index (χ2n) is 6.83. The molecule has 0 aliphatic heterocycles. The highest BCUT2D eigenvalue weighted by molar-refractivity contribution is 5.68. The summed E-state index contributed by atoms with van der Waals surface area (Å²) in [5, 5.41) is 19.5. The number of aliphatic hydroxyl groups is 1. The molecule has 1 unspecified atom stereocenters. The predicted molar refractivity (Wildman–Crippen MR) is 93.2 cm³/mol. The summed E-state index contributed by atoms with van der Waals surface area (Å²) in [5.74, 6) is -0.880. The Kier molecular flexibility index (Phi) is 13.7. The zero-order valence-electron chi connectivity index (χ0n) is 14.9. The van der Waals surface area contributed by atoms with Crippen molar-refractivity contribution in [1.29, 1.82) is 0 Å². The van der Waals surface area contributed by atoms with Crippen molar-refractivity contribution in [2.45, 2.75) is 116 Å². The van der Waals surface area contributed by atoms with E-state index in [4.69, 9.17) is 5.11 Å². The monoisotopic (exact) mass is 314 g/mol. The lowest BCUT2D eigenvalue weighted by atomic mass is 9.87. The van der Waals surface area contributed by atoms with Crippen LogP contribution in [0.25, 0.3) is 0 Å². The van der Waals surface area contributed by atoms with E-state index in [0.717, 1.165) is 32.1 Å². The largest absolute Gasteiger partial charge is 0.481 e. The van der Waals surface area contributed by atoms with Crippen LogP contribution in [0.15, 0.2) is 0 Å². The Morgan fingerprint density at radius 1 is 0.727 bits per heavy atom. The third-order valence-electron chi connectivity index (χ3n) is 4.47. The first-order valence-corrected chi connectivity index (χ1v) is 9.48. The van der Waals surface area contributed by atoms with Gasteiger partial charge in [-0.3, -0.25) is 4.79 Å². The average molecular weight is 315 g/mol. The number of hydrogen-bond acceptors (Lipinski definition) is 2. The van der Waals surface area contributed by atoms with Crippen LogP contribution >= 0.6 is 0 Å². The van der Waals surface area contributed by atoms with Gasteiger partial charge in [-0.05, 0) is 12.8 Å². The Morgan fingerprint density at radius 2 is 1.09 bits per heavy atom. The molecule has 0 amide bonds. The second kappa shape index (κ2) is 14.0. The summed E-state index contributed by atoms with van der Waals surface area (Å²) in [6.45, 7) is 4.36. The number of rotatable bonds is 16. The summed E-state index contributed by atoms with van der Waals surface area (Å²) in [6, 6.07) is 0. The van der Waals surface area contributed by atoms with Gasteiger partial charge in [0.15, 0.2) is 0 Å². The maximum absolute atomic E-state index is 10.9. The van der Waals surface area contributed by atoms with E-state index in [1.165, 1.54) is 44.9 Å². The Labute approximate surface area is 137 Å². The molecular weight excluding hydrogens is 276 g/mol. The normalized spacial score (nSPS) is 14.0. The van der Waals surface area contributed by atoms with Crippen molar-refractivity contribution >= 4 is 5.97 Å². The van der Waals surface area contributed by atoms with Crippen LogP contribution in [-0.2, 0) is 4.79 Å². The fraction of sp³-hybridized carbons (Fsp3) is 0.947. The molecule has 0 aliphatic rings. The number of carboxylic acid groups (broad SMARTS) is 1. The van der Waals surface area contributed by atoms with Crippen LogP contribution in [0.3, 0.4) is 0 Å². The fourth-order valence-corrected chi connectivity index (χ4v) is 3.05. The first kappa shape index (κ1) is 21.4. The highest BCUT2D eigenvalue weighted by atomic mass is 16.4. The van der Waals surface area contributed by atoms with Crippen molar-refractivity contribution in [2.75, 3.05) is 0 Å². The predicted octanol–water partition coefficient (Wildman–Crippen LogP) is 5.69. The zero-order valence-corrected chi connectivity index (χ0v) is 14.9. The molecule has 0 heterocycles. The number of carboxylic acids is 1. The van der Waals surface area contributed by atoms with Gasteiger partial charge in [0.2, 0.25) is 0 Å². The van der Waals surface area contributed by atoms with Gasteiger partial charge in [0.25, 0.3) is 0 Å². The Balaban J connectivity index is 3.76. The minimum Gasteiger partial charge on any atom is -0.481 e. The maximum atomic E-state index is 10.9. The molecule has 3 heteroatoms. The fourth-order valence-electron chi connectivity index (χ4n) is 3.05. The molecule has 3 nitrogen and oxygen atoms in total. The summed E-state index contributed by atoms with van der Waals surface area (Å²) in [5.41, 5.74) is -0.984. The Bertz CT molecular complexity index is 265. The van der Waals surface area contributed by atoms with Gasteiger partial charge >= 0.3 is 5.97 Å². The van der Waals surface area contributed by atoms with E-state index >= 15 is 0 Å². The van der Waals surface area contributed by atoms with Crippen LogP contribution < -0.4 is 0 Å². The van der Waals surface area contributed by atoms with Crippen LogP contribution in [-0.4, -0.2) is 21.8 Å². The molecular formula is C19H38O3. The van der Waals surface area contributed by atoms with Crippen LogP contribution in [0.5, 0.6) is 0 Å². The molecule has 2 N–H and O–H groups in total. The number of aliphatic carboxylic acids is 1. The first-order valence-electron chi connectivity index (χ1n) is 9.48. The topological polar surface area (TPSA) is 57.5 Å². The summed E-state index contributed by atoms with van der Waals surface area (Å²) in [6.07, 6.45) is 15.5. The second-order valence-corrected chi connectivity index (χ2v) is 6.83. The third-order valence-corrected chi connectivity index (χ3v) is 4.47. The van der Waals surface area contributed by atoms with E-state index in [0.29, 0.717) is 12.8 Å². The van der Waals surface area contributed by atoms with Crippen LogP contribution in [0.1, 0.15) is 110 Å². The van der Waals surface area contributed by atoms with Crippen molar-refractivity contribution < 1.29 is 15.0 Å². The molecule has 0 aromatic rings. The molecule has 22 heavy (non-hydrogen) atoms. The summed E-state index contributed by atoms with van der Waals surface area (Å²) < 4.78 is 0. The lowest BCUT2D eigenvalue weighted by Crippen LogP contribution is -2.31. The quantitative estimate of drug-likeness (QED) is 0.360. The molecule has 132 valence electrons. The zero-order chi connectivity index (χ0) is 16.7. The minimum absolute atomic E-state index is 0.103. The van der Waals surface area contributed by atoms with E-state index in [1.807, 2.05) is 0 Å². The maximum Gasteiger partial charge on any atom is 0.306 e. The van der Waals surface area contributed by atoms with Gasteiger partial charge in [-0.25, -0.2) is 0 Å². The molecule has 0 bridgehead atoms. The van der Waals surface area contributed by atoms with E-state index in [9.17, 15) is 9.90 Å². The molecule has 0 radical (unpaired) electrons. The van der Waals surface area contributed by atoms with E-state index in [2.05, 4.69) is 13.8 Å². The van der Waals surface area contributed by atoms with Gasteiger partial charge in [-0.2, -0.15) is 0 Å². The molecule has 0 spiro atoms. The highest BCUT2D eigenvalue weighted by Crippen LogP contribution is 2.26. The Morgan fingerprint density at radius 3 is 1.55 bits per heavy atom. The summed E-state index contributed by atoms with van der Waals surface area (Å²) >= 11 is 0. The van der Waals surface area contributed by atoms with Crippen LogP contribution in [0, 0.1) is 0 Å².